The van der Waals surface area contributed by atoms with E-state index in [1.807, 2.05) is 25.1 Å². The number of carbonyl (C=O) groups is 1. The number of carboxylic acids is 1. The van der Waals surface area contributed by atoms with Gasteiger partial charge in [-0.1, -0.05) is 60.2 Å². The van der Waals surface area contributed by atoms with Gasteiger partial charge in [-0.25, -0.2) is 0 Å². The van der Waals surface area contributed by atoms with Crippen LogP contribution in [0.1, 0.15) is 28.2 Å². The molecule has 164 valence electrons. The number of rotatable bonds is 4. The Morgan fingerprint density at radius 3 is 2.41 bits per heavy atom. The van der Waals surface area contributed by atoms with Crippen molar-refractivity contribution in [2.24, 2.45) is 5.92 Å². The quantitative estimate of drug-likeness (QED) is 0.580. The summed E-state index contributed by atoms with van der Waals surface area (Å²) in [5.41, 5.74) is -1.34. The Kier molecular flexibility index (Phi) is 4.51. The summed E-state index contributed by atoms with van der Waals surface area (Å²) in [6.45, 7) is 1.93. The molecular weight excluding hydrogens is 410 g/mol. The van der Waals surface area contributed by atoms with Gasteiger partial charge in [0, 0.05) is 5.92 Å². The van der Waals surface area contributed by atoms with Gasteiger partial charge in [0.05, 0.1) is 31.0 Å². The second-order valence-electron chi connectivity index (χ2n) is 8.38. The average Bonchev–Trinajstić information content (AvgIpc) is 3.18. The number of aliphatic carboxylic acids is 1. The highest BCUT2D eigenvalue weighted by molar-refractivity contribution is 5.76. The topological polar surface area (TPSA) is 109 Å². The molecule has 2 heterocycles. The lowest BCUT2D eigenvalue weighted by atomic mass is 9.70. The zero-order valence-corrected chi connectivity index (χ0v) is 17.6. The van der Waals surface area contributed by atoms with E-state index in [1.54, 1.807) is 36.4 Å². The molecule has 1 aliphatic carbocycles. The molecule has 1 fully saturated rings. The van der Waals surface area contributed by atoms with Crippen molar-refractivity contribution in [3.05, 3.63) is 89.2 Å². The summed E-state index contributed by atoms with van der Waals surface area (Å²) < 4.78 is 11.9. The second-order valence-corrected chi connectivity index (χ2v) is 8.38. The van der Waals surface area contributed by atoms with Gasteiger partial charge < -0.3 is 24.8 Å². The molecule has 0 radical (unpaired) electrons. The predicted octanol–water partition coefficient (Wildman–Crippen LogP) is 2.73. The Hall–Kier alpha value is -3.42. The molecule has 32 heavy (non-hydrogen) atoms. The number of hydrogen-bond acceptors (Lipinski definition) is 6. The third kappa shape index (κ3) is 2.43. The van der Waals surface area contributed by atoms with Crippen LogP contribution in [0.3, 0.4) is 0 Å². The van der Waals surface area contributed by atoms with Gasteiger partial charge in [-0.15, -0.1) is 0 Å². The van der Waals surface area contributed by atoms with Gasteiger partial charge in [-0.05, 0) is 18.1 Å². The molecule has 0 unspecified atom stereocenters. The standard InChI is InChI=1S/C25H23NO6/c1-14-8-10-16(11-9-14)25-20(15-6-4-3-5-7-15)19(23(28)29)22(27)24(25,30)21-17(31-2)12-26-13-18(21)32-25/h3-13,19-20,22,27,30H,1-2H3,(H,28,29)/t19-,20-,22-,24+,25+/m1/s1. The van der Waals surface area contributed by atoms with Crippen LogP contribution in [0, 0.1) is 12.8 Å². The minimum atomic E-state index is -2.10. The average molecular weight is 433 g/mol. The Morgan fingerprint density at radius 2 is 1.78 bits per heavy atom. The van der Waals surface area contributed by atoms with E-state index in [1.165, 1.54) is 19.5 Å². The van der Waals surface area contributed by atoms with E-state index >= 15 is 0 Å². The van der Waals surface area contributed by atoms with E-state index in [0.717, 1.165) is 5.56 Å². The minimum Gasteiger partial charge on any atom is -0.495 e. The van der Waals surface area contributed by atoms with Gasteiger partial charge in [0.15, 0.2) is 11.2 Å². The van der Waals surface area contributed by atoms with Crippen molar-refractivity contribution in [2.45, 2.75) is 30.1 Å². The highest BCUT2D eigenvalue weighted by Gasteiger charge is 2.78. The molecule has 2 aromatic carbocycles. The lowest BCUT2D eigenvalue weighted by Gasteiger charge is -2.40. The molecule has 7 nitrogen and oxygen atoms in total. The number of aromatic nitrogens is 1. The van der Waals surface area contributed by atoms with Crippen molar-refractivity contribution in [1.82, 2.24) is 4.98 Å². The van der Waals surface area contributed by atoms with E-state index in [2.05, 4.69) is 4.98 Å². The maximum Gasteiger partial charge on any atom is 0.310 e. The van der Waals surface area contributed by atoms with Crippen LogP contribution in [-0.2, 0) is 16.0 Å². The van der Waals surface area contributed by atoms with Crippen LogP contribution in [0.5, 0.6) is 11.5 Å². The number of hydrogen-bond donors (Lipinski definition) is 3. The number of methoxy groups -OCH3 is 1. The van der Waals surface area contributed by atoms with Crippen LogP contribution < -0.4 is 9.47 Å². The molecule has 5 rings (SSSR count). The van der Waals surface area contributed by atoms with Gasteiger partial charge in [0.2, 0.25) is 0 Å². The lowest BCUT2D eigenvalue weighted by Crippen LogP contribution is -2.52. The van der Waals surface area contributed by atoms with E-state index in [-0.39, 0.29) is 17.1 Å². The van der Waals surface area contributed by atoms with E-state index in [0.29, 0.717) is 11.1 Å². The van der Waals surface area contributed by atoms with Gasteiger partial charge in [0.1, 0.15) is 17.6 Å². The van der Waals surface area contributed by atoms with Crippen LogP contribution in [0.25, 0.3) is 0 Å². The summed E-state index contributed by atoms with van der Waals surface area (Å²) in [5.74, 6) is -3.00. The third-order valence-electron chi connectivity index (χ3n) is 6.80. The van der Waals surface area contributed by atoms with Crippen molar-refractivity contribution in [2.75, 3.05) is 7.11 Å². The Morgan fingerprint density at radius 1 is 1.09 bits per heavy atom. The SMILES string of the molecule is COc1cncc2c1[C@]1(O)[C@H](O)[C@H](C(=O)O)[C@@H](c3ccccc3)[C@]1(c1ccc(C)cc1)O2. The molecule has 0 amide bonds. The molecule has 0 saturated heterocycles. The molecule has 3 aromatic rings. The van der Waals surface area contributed by atoms with Crippen LogP contribution in [0.15, 0.2) is 67.0 Å². The van der Waals surface area contributed by atoms with E-state index in [9.17, 15) is 20.1 Å². The highest BCUT2D eigenvalue weighted by atomic mass is 16.5. The monoisotopic (exact) mass is 433 g/mol. The number of nitrogens with zero attached hydrogens (tertiary/aromatic N) is 1. The summed E-state index contributed by atoms with van der Waals surface area (Å²) in [6, 6.07) is 16.3. The fraction of sp³-hybridized carbons (Fsp3) is 0.280. The largest absolute Gasteiger partial charge is 0.495 e. The first-order valence-electron chi connectivity index (χ1n) is 10.3. The van der Waals surface area contributed by atoms with Gasteiger partial charge in [-0.3, -0.25) is 9.78 Å². The first-order chi connectivity index (χ1) is 15.4. The number of pyridine rings is 1. The Labute approximate surface area is 184 Å². The number of benzene rings is 2. The molecule has 7 heteroatoms. The summed E-state index contributed by atoms with van der Waals surface area (Å²) in [6.07, 6.45) is 1.20. The van der Waals surface area contributed by atoms with Crippen molar-refractivity contribution in [1.29, 1.82) is 0 Å². The van der Waals surface area contributed by atoms with Gasteiger partial charge in [0.25, 0.3) is 0 Å². The number of aliphatic hydroxyl groups is 2. The van der Waals surface area contributed by atoms with Gasteiger partial charge >= 0.3 is 5.97 Å². The van der Waals surface area contributed by atoms with Gasteiger partial charge in [-0.2, -0.15) is 0 Å². The first kappa shape index (κ1) is 20.5. The van der Waals surface area contributed by atoms with Crippen LogP contribution in [-0.4, -0.2) is 39.5 Å². The molecule has 0 spiro atoms. The molecular formula is C25H23NO6. The maximum atomic E-state index is 12.5. The smallest absolute Gasteiger partial charge is 0.310 e. The zero-order valence-electron chi connectivity index (χ0n) is 17.6. The number of carboxylic acid groups (broad SMARTS) is 1. The Balaban J connectivity index is 1.89. The summed E-state index contributed by atoms with van der Waals surface area (Å²) in [5, 5.41) is 34.0. The highest BCUT2D eigenvalue weighted by Crippen LogP contribution is 2.69. The number of ether oxygens (including phenoxy) is 2. The lowest BCUT2D eigenvalue weighted by molar-refractivity contribution is -0.159. The van der Waals surface area contributed by atoms with Crippen LogP contribution in [0.4, 0.5) is 0 Å². The Bertz CT molecular complexity index is 1180. The number of fused-ring (bicyclic) bond motifs is 3. The zero-order chi connectivity index (χ0) is 22.7. The van der Waals surface area contributed by atoms with Crippen molar-refractivity contribution in [3.63, 3.8) is 0 Å². The van der Waals surface area contributed by atoms with Crippen LogP contribution >= 0.6 is 0 Å². The normalized spacial score (nSPS) is 30.3. The van der Waals surface area contributed by atoms with E-state index < -0.39 is 35.1 Å². The van der Waals surface area contributed by atoms with Crippen molar-refractivity contribution >= 4 is 5.97 Å². The van der Waals surface area contributed by atoms with Crippen molar-refractivity contribution < 1.29 is 29.6 Å². The molecule has 1 saturated carbocycles. The molecule has 1 aromatic heterocycles. The molecule has 1 aliphatic heterocycles. The minimum absolute atomic E-state index is 0.202. The second kappa shape index (κ2) is 7.05. The fourth-order valence-electron chi connectivity index (χ4n) is 5.47. The molecule has 2 aliphatic rings. The predicted molar refractivity (Wildman–Crippen MR) is 114 cm³/mol. The fourth-order valence-corrected chi connectivity index (χ4v) is 5.47. The first-order valence-corrected chi connectivity index (χ1v) is 10.3. The summed E-state index contributed by atoms with van der Waals surface area (Å²) in [4.78, 5) is 16.6. The van der Waals surface area contributed by atoms with Crippen LogP contribution in [0.2, 0.25) is 0 Å². The number of aliphatic hydroxyl groups excluding tert-OH is 1. The maximum absolute atomic E-state index is 12.5. The van der Waals surface area contributed by atoms with E-state index in [4.69, 9.17) is 9.47 Å². The number of aryl methyl sites for hydroxylation is 1. The van der Waals surface area contributed by atoms with Crippen molar-refractivity contribution in [3.8, 4) is 11.5 Å². The summed E-state index contributed by atoms with van der Waals surface area (Å²) in [7, 11) is 1.43. The summed E-state index contributed by atoms with van der Waals surface area (Å²) >= 11 is 0. The third-order valence-corrected chi connectivity index (χ3v) is 6.80. The molecule has 5 atom stereocenters. The molecule has 3 N–H and O–H groups in total. The molecule has 0 bridgehead atoms.